The fourth-order valence-electron chi connectivity index (χ4n) is 1.87. The van der Waals surface area contributed by atoms with E-state index in [4.69, 9.17) is 8.37 Å². The predicted molar refractivity (Wildman–Crippen MR) is 80.3 cm³/mol. The van der Waals surface area contributed by atoms with Gasteiger partial charge in [0, 0.05) is 6.26 Å². The molecule has 0 bridgehead atoms. The van der Waals surface area contributed by atoms with Crippen LogP contribution >= 0.6 is 0 Å². The van der Waals surface area contributed by atoms with Gasteiger partial charge in [0.25, 0.3) is 0 Å². The normalized spacial score (nSPS) is 12.8. The summed E-state index contributed by atoms with van der Waals surface area (Å²) in [5.74, 6) is 0. The van der Waals surface area contributed by atoms with Crippen molar-refractivity contribution in [2.45, 2.75) is 71.1 Å². The van der Waals surface area contributed by atoms with Crippen LogP contribution in [0.1, 0.15) is 71.1 Å². The van der Waals surface area contributed by atoms with Gasteiger partial charge in [-0.25, -0.2) is 4.21 Å². The highest BCUT2D eigenvalue weighted by Gasteiger charge is 2.03. The van der Waals surface area contributed by atoms with Gasteiger partial charge in [-0.2, -0.15) is 0 Å². The van der Waals surface area contributed by atoms with Gasteiger partial charge in [0.1, 0.15) is 0 Å². The lowest BCUT2D eigenvalue weighted by Gasteiger charge is -2.16. The van der Waals surface area contributed by atoms with E-state index >= 15 is 0 Å². The average molecular weight is 280 g/mol. The third kappa shape index (κ3) is 12.5. The Labute approximate surface area is 114 Å². The van der Waals surface area contributed by atoms with Crippen LogP contribution in [0.5, 0.6) is 0 Å². The molecule has 0 aromatic rings. The minimum absolute atomic E-state index is 0.554. The van der Waals surface area contributed by atoms with Crippen LogP contribution in [0, 0.1) is 0 Å². The first-order valence-electron chi connectivity index (χ1n) is 7.40. The summed E-state index contributed by atoms with van der Waals surface area (Å²) in [5.41, 5.74) is 0. The molecule has 0 aliphatic carbocycles. The van der Waals surface area contributed by atoms with Crippen LogP contribution in [0.25, 0.3) is 0 Å². The topological polar surface area (TPSA) is 35.5 Å². The third-order valence-electron chi connectivity index (χ3n) is 3.16. The monoisotopic (exact) mass is 280 g/mol. The zero-order valence-corrected chi connectivity index (χ0v) is 13.3. The molecule has 18 heavy (non-hydrogen) atoms. The van der Waals surface area contributed by atoms with Crippen molar-refractivity contribution in [3.8, 4) is 0 Å². The molecule has 0 spiro atoms. The van der Waals surface area contributed by atoms with E-state index < -0.39 is 10.5 Å². The molecule has 0 saturated heterocycles. The first kappa shape index (κ1) is 18.1. The zero-order chi connectivity index (χ0) is 13.7. The van der Waals surface area contributed by atoms with Gasteiger partial charge < -0.3 is 0 Å². The van der Waals surface area contributed by atoms with Crippen LogP contribution in [0.3, 0.4) is 0 Å². The molecule has 0 heterocycles. The van der Waals surface area contributed by atoms with Crippen molar-refractivity contribution in [1.82, 2.24) is 0 Å². The Bertz CT molecular complexity index is 219. The molecular formula is C14H32O3S. The van der Waals surface area contributed by atoms with Crippen molar-refractivity contribution in [3.63, 3.8) is 0 Å². The Balaban J connectivity index is 3.10. The van der Waals surface area contributed by atoms with Crippen LogP contribution in [-0.2, 0) is 18.9 Å². The van der Waals surface area contributed by atoms with Crippen LogP contribution in [0.15, 0.2) is 0 Å². The van der Waals surface area contributed by atoms with E-state index in [0.29, 0.717) is 6.61 Å². The molecule has 0 radical (unpaired) electrons. The van der Waals surface area contributed by atoms with Gasteiger partial charge in [0.15, 0.2) is 0 Å². The fraction of sp³-hybridized carbons (Fsp3) is 1.00. The van der Waals surface area contributed by atoms with Gasteiger partial charge in [-0.15, -0.1) is 0 Å². The second kappa shape index (κ2) is 12.1. The van der Waals surface area contributed by atoms with E-state index in [-0.39, 0.29) is 0 Å². The molecule has 0 aliphatic rings. The quantitative estimate of drug-likeness (QED) is 0.408. The summed E-state index contributed by atoms with van der Waals surface area (Å²) in [6, 6.07) is 0. The Kier molecular flexibility index (Phi) is 12.2. The molecule has 0 saturated carbocycles. The van der Waals surface area contributed by atoms with Gasteiger partial charge in [-0.3, -0.25) is 8.37 Å². The minimum Gasteiger partial charge on any atom is -0.297 e. The van der Waals surface area contributed by atoms with E-state index in [1.807, 2.05) is 0 Å². The van der Waals surface area contributed by atoms with Gasteiger partial charge in [-0.05, 0) is 6.42 Å². The molecule has 4 heteroatoms. The summed E-state index contributed by atoms with van der Waals surface area (Å²) in [4.78, 5) is 0. The van der Waals surface area contributed by atoms with Crippen molar-refractivity contribution in [2.24, 2.45) is 0 Å². The highest BCUT2D eigenvalue weighted by Crippen LogP contribution is 2.11. The summed E-state index contributed by atoms with van der Waals surface area (Å²) in [6.45, 7) is 2.80. The molecule has 0 N–H and O–H groups in total. The second-order valence-corrected chi connectivity index (χ2v) is 7.14. The first-order chi connectivity index (χ1) is 8.62. The van der Waals surface area contributed by atoms with Crippen molar-refractivity contribution < 1.29 is 12.6 Å². The number of hydrogen-bond acceptors (Lipinski definition) is 3. The number of thiol groups is 1. The van der Waals surface area contributed by atoms with Gasteiger partial charge in [-0.1, -0.05) is 64.7 Å². The maximum atomic E-state index is 11.4. The summed E-state index contributed by atoms with van der Waals surface area (Å²) >= 11 is 0. The molecule has 112 valence electrons. The average Bonchev–Trinajstić information content (AvgIpc) is 2.36. The van der Waals surface area contributed by atoms with Crippen molar-refractivity contribution in [1.29, 1.82) is 0 Å². The lowest BCUT2D eigenvalue weighted by atomic mass is 10.1. The number of rotatable bonds is 13. The van der Waals surface area contributed by atoms with Gasteiger partial charge in [0.2, 0.25) is 0 Å². The van der Waals surface area contributed by atoms with E-state index in [1.165, 1.54) is 71.2 Å². The largest absolute Gasteiger partial charge is 0.297 e. The van der Waals surface area contributed by atoms with E-state index in [1.54, 1.807) is 0 Å². The second-order valence-electron chi connectivity index (χ2n) is 4.97. The Hall–Kier alpha value is 0.0700. The van der Waals surface area contributed by atoms with E-state index in [9.17, 15) is 4.21 Å². The van der Waals surface area contributed by atoms with Crippen molar-refractivity contribution in [2.75, 3.05) is 20.0 Å². The molecule has 0 amide bonds. The number of hydrogen-bond donors (Lipinski definition) is 1. The standard InChI is InChI=1S/C14H32O3S/c1-4-5-6-7-8-9-10-11-12-13-14-17-18(3,15)16-2/h18H,4-14H2,1-3H3. The Morgan fingerprint density at radius 3 is 1.72 bits per heavy atom. The molecular weight excluding hydrogens is 248 g/mol. The van der Waals surface area contributed by atoms with E-state index in [0.717, 1.165) is 6.42 Å². The van der Waals surface area contributed by atoms with Crippen molar-refractivity contribution >= 4 is 10.5 Å². The highest BCUT2D eigenvalue weighted by molar-refractivity contribution is 7.93. The van der Waals surface area contributed by atoms with Crippen molar-refractivity contribution in [3.05, 3.63) is 0 Å². The summed E-state index contributed by atoms with van der Waals surface area (Å²) in [7, 11) is -1.32. The van der Waals surface area contributed by atoms with Crippen LogP contribution < -0.4 is 0 Å². The van der Waals surface area contributed by atoms with Gasteiger partial charge in [0.05, 0.1) is 24.2 Å². The lowest BCUT2D eigenvalue weighted by Crippen LogP contribution is -2.16. The Morgan fingerprint density at radius 1 is 0.833 bits per heavy atom. The molecule has 0 aliphatic heterocycles. The Morgan fingerprint density at radius 2 is 1.28 bits per heavy atom. The van der Waals surface area contributed by atoms with Crippen LogP contribution in [0.2, 0.25) is 0 Å². The highest BCUT2D eigenvalue weighted by atomic mass is 32.3. The molecule has 0 rings (SSSR count). The van der Waals surface area contributed by atoms with Crippen LogP contribution in [0.4, 0.5) is 0 Å². The number of unbranched alkanes of at least 4 members (excludes halogenated alkanes) is 9. The summed E-state index contributed by atoms with van der Waals surface area (Å²) in [5, 5.41) is 0. The zero-order valence-electron chi connectivity index (χ0n) is 12.5. The SMILES string of the molecule is CCCCCCCCCCCCO[SH](C)(=O)OC. The third-order valence-corrected chi connectivity index (χ3v) is 4.47. The molecule has 0 fully saturated rings. The minimum atomic E-state index is -2.75. The van der Waals surface area contributed by atoms with Crippen LogP contribution in [-0.4, -0.2) is 24.2 Å². The predicted octanol–water partition coefficient (Wildman–Crippen LogP) is 4.05. The lowest BCUT2D eigenvalue weighted by molar-refractivity contribution is 0.260. The fourth-order valence-corrected chi connectivity index (χ4v) is 2.44. The smallest absolute Gasteiger partial charge is 0.0749 e. The summed E-state index contributed by atoms with van der Waals surface area (Å²) in [6.07, 6.45) is 14.5. The summed E-state index contributed by atoms with van der Waals surface area (Å²) < 4.78 is 21.3. The molecule has 3 nitrogen and oxygen atoms in total. The van der Waals surface area contributed by atoms with E-state index in [2.05, 4.69) is 6.92 Å². The molecule has 0 aromatic heterocycles. The van der Waals surface area contributed by atoms with Gasteiger partial charge >= 0.3 is 0 Å². The first-order valence-corrected chi connectivity index (χ1v) is 9.39. The maximum Gasteiger partial charge on any atom is 0.0749 e. The molecule has 0 aromatic carbocycles. The molecule has 0 unspecified atom stereocenters. The maximum absolute atomic E-state index is 11.4. The molecule has 0 atom stereocenters.